The minimum absolute atomic E-state index is 0.0365. The minimum atomic E-state index is -0.278. The average Bonchev–Trinajstić information content (AvgIpc) is 3.58. The summed E-state index contributed by atoms with van der Waals surface area (Å²) in [5.74, 6) is 3.84. The van der Waals surface area contributed by atoms with Crippen LogP contribution in [0.1, 0.15) is 125 Å². The van der Waals surface area contributed by atoms with E-state index >= 15 is 0 Å². The number of carbonyl (C=O) groups is 1. The predicted molar refractivity (Wildman–Crippen MR) is 183 cm³/mol. The molecule has 0 unspecified atom stereocenters. The zero-order chi connectivity index (χ0) is 32.6. The summed E-state index contributed by atoms with van der Waals surface area (Å²) in [6, 6.07) is 5.08. The van der Waals surface area contributed by atoms with Gasteiger partial charge in [-0.05, 0) is 146 Å². The highest BCUT2D eigenvalue weighted by Gasteiger charge is 2.82. The molecule has 5 aliphatic rings. The van der Waals surface area contributed by atoms with Crippen LogP contribution in [0.3, 0.4) is 0 Å². The molecular weight excluding hydrogens is 556 g/mol. The Hall–Kier alpha value is -2.23. The second kappa shape index (κ2) is 11.2. The number of ether oxygens (including phenoxy) is 2. The Morgan fingerprint density at radius 3 is 2.40 bits per heavy atom. The normalized spacial score (nSPS) is 40.2. The van der Waals surface area contributed by atoms with Gasteiger partial charge in [0.05, 0.1) is 7.11 Å². The second-order valence-electron chi connectivity index (χ2n) is 17.5. The lowest BCUT2D eigenvalue weighted by Crippen LogP contribution is -2.58. The van der Waals surface area contributed by atoms with Gasteiger partial charge in [-0.3, -0.25) is 0 Å². The fourth-order valence-corrected chi connectivity index (χ4v) is 12.5. The van der Waals surface area contributed by atoms with Gasteiger partial charge in [0, 0.05) is 11.5 Å². The average molecular weight is 617 g/mol. The van der Waals surface area contributed by atoms with E-state index in [1.165, 1.54) is 83.0 Å². The molecular formula is C41H60O4. The highest BCUT2D eigenvalue weighted by molar-refractivity contribution is 5.87. The first-order valence-corrected chi connectivity index (χ1v) is 18.1. The van der Waals surface area contributed by atoms with Crippen LogP contribution in [0.4, 0.5) is 0 Å². The molecule has 0 amide bonds. The lowest BCUT2D eigenvalue weighted by atomic mass is 9.41. The Kier molecular flexibility index (Phi) is 8.13. The third-order valence-corrected chi connectivity index (χ3v) is 15.4. The van der Waals surface area contributed by atoms with Gasteiger partial charge in [-0.25, -0.2) is 4.79 Å². The number of allylic oxidation sites excluding steroid dienone is 1. The molecule has 0 bridgehead atoms. The monoisotopic (exact) mass is 616 g/mol. The van der Waals surface area contributed by atoms with Gasteiger partial charge in [-0.1, -0.05) is 66.7 Å². The molecule has 0 heterocycles. The summed E-state index contributed by atoms with van der Waals surface area (Å²) in [6.45, 7) is 21.7. The Balaban J connectivity index is 1.14. The first-order chi connectivity index (χ1) is 21.1. The highest BCUT2D eigenvalue weighted by atomic mass is 16.5. The van der Waals surface area contributed by atoms with Crippen molar-refractivity contribution in [2.45, 2.75) is 125 Å². The van der Waals surface area contributed by atoms with Gasteiger partial charge in [0.15, 0.2) is 11.5 Å². The number of aromatic hydroxyl groups is 1. The Labute approximate surface area is 273 Å². The van der Waals surface area contributed by atoms with Crippen molar-refractivity contribution in [2.24, 2.45) is 56.7 Å². The molecule has 248 valence electrons. The standard InChI is InChI=1S/C41H60O4/c1-26(2)27(3)10-11-28(4)30-18-20-39(8)34-16-15-33-37(5,6)35(19-21-40(33)25-41(34,40)23-22-38(30,39)7)45-36(43)17-13-29-12-14-31(42)32(24-29)44-9/h12-14,17,24,26,28,30,33-35,42H,3,10-11,15-16,18-23,25H2,1-2,4-9H3/b17-13-/t28-,30-,33+,34+,35+,38-,39+,40-,41+/m1/s1. The number of esters is 1. The van der Waals surface area contributed by atoms with Gasteiger partial charge in [0.25, 0.3) is 0 Å². The van der Waals surface area contributed by atoms with Crippen molar-refractivity contribution in [3.63, 3.8) is 0 Å². The number of hydrogen-bond acceptors (Lipinski definition) is 4. The van der Waals surface area contributed by atoms with Crippen molar-refractivity contribution in [1.82, 2.24) is 0 Å². The van der Waals surface area contributed by atoms with Crippen LogP contribution in [0.2, 0.25) is 0 Å². The molecule has 0 aromatic heterocycles. The van der Waals surface area contributed by atoms with Crippen LogP contribution >= 0.6 is 0 Å². The maximum absolute atomic E-state index is 13.1. The molecule has 5 saturated carbocycles. The fraction of sp³-hybridized carbons (Fsp3) is 0.732. The number of phenols is 1. The first-order valence-electron chi connectivity index (χ1n) is 18.1. The largest absolute Gasteiger partial charge is 0.504 e. The molecule has 45 heavy (non-hydrogen) atoms. The number of carbonyl (C=O) groups excluding carboxylic acids is 1. The van der Waals surface area contributed by atoms with E-state index in [1.807, 2.05) is 0 Å². The number of rotatable bonds is 9. The summed E-state index contributed by atoms with van der Waals surface area (Å²) in [5.41, 5.74) is 3.99. The van der Waals surface area contributed by atoms with Crippen LogP contribution in [-0.4, -0.2) is 24.3 Å². The maximum atomic E-state index is 13.1. The van der Waals surface area contributed by atoms with E-state index in [0.717, 1.165) is 29.7 Å². The molecule has 6 rings (SSSR count). The third kappa shape index (κ3) is 4.85. The van der Waals surface area contributed by atoms with Gasteiger partial charge in [-0.2, -0.15) is 0 Å². The molecule has 1 aromatic rings. The van der Waals surface area contributed by atoms with Crippen LogP contribution in [0.15, 0.2) is 36.4 Å². The molecule has 9 atom stereocenters. The van der Waals surface area contributed by atoms with Gasteiger partial charge in [0.1, 0.15) is 6.10 Å². The Morgan fingerprint density at radius 2 is 1.69 bits per heavy atom. The highest BCUT2D eigenvalue weighted by Crippen LogP contribution is 2.89. The summed E-state index contributed by atoms with van der Waals surface area (Å²) in [4.78, 5) is 13.1. The molecule has 4 nitrogen and oxygen atoms in total. The Morgan fingerprint density at radius 1 is 0.978 bits per heavy atom. The predicted octanol–water partition coefficient (Wildman–Crippen LogP) is 10.4. The second-order valence-corrected chi connectivity index (χ2v) is 17.5. The molecule has 1 N–H and O–H groups in total. The van der Waals surface area contributed by atoms with Gasteiger partial charge in [-0.15, -0.1) is 0 Å². The molecule has 0 aliphatic heterocycles. The molecule has 0 radical (unpaired) electrons. The number of benzene rings is 1. The van der Waals surface area contributed by atoms with E-state index in [1.54, 1.807) is 24.3 Å². The van der Waals surface area contributed by atoms with Gasteiger partial charge in [0.2, 0.25) is 0 Å². The molecule has 4 heteroatoms. The summed E-state index contributed by atoms with van der Waals surface area (Å²) in [5, 5.41) is 9.89. The van der Waals surface area contributed by atoms with Crippen LogP contribution in [0.5, 0.6) is 11.5 Å². The zero-order valence-corrected chi connectivity index (χ0v) is 29.5. The SMILES string of the molecule is C=C(CC[C@@H](C)[C@H]1CC[C@@]2(C)[C@@H]3CC[C@H]4C(C)(C)[C@@H](OC(=O)/C=C\c5ccc(O)c(OC)c5)CC[C@@]45C[C@@]35CC[C@]12C)C(C)C. The number of phenolic OH excluding ortho intramolecular Hbond substituents is 1. The van der Waals surface area contributed by atoms with Crippen molar-refractivity contribution >= 4 is 12.0 Å². The lowest BCUT2D eigenvalue weighted by Gasteiger charge is -2.63. The lowest BCUT2D eigenvalue weighted by molar-refractivity contribution is -0.179. The van der Waals surface area contributed by atoms with Crippen molar-refractivity contribution in [3.05, 3.63) is 42.0 Å². The van der Waals surface area contributed by atoms with Crippen molar-refractivity contribution < 1.29 is 19.4 Å². The molecule has 5 fully saturated rings. The molecule has 0 saturated heterocycles. The van der Waals surface area contributed by atoms with E-state index in [0.29, 0.717) is 39.2 Å². The van der Waals surface area contributed by atoms with Crippen LogP contribution < -0.4 is 4.74 Å². The smallest absolute Gasteiger partial charge is 0.331 e. The van der Waals surface area contributed by atoms with Crippen LogP contribution in [0, 0.1) is 56.7 Å². The van der Waals surface area contributed by atoms with E-state index in [4.69, 9.17) is 9.47 Å². The van der Waals surface area contributed by atoms with Crippen molar-refractivity contribution in [1.29, 1.82) is 0 Å². The Bertz CT molecular complexity index is 1360. The number of hydrogen-bond donors (Lipinski definition) is 1. The van der Waals surface area contributed by atoms with Gasteiger partial charge >= 0.3 is 5.97 Å². The van der Waals surface area contributed by atoms with E-state index in [2.05, 4.69) is 55.0 Å². The quantitative estimate of drug-likeness (QED) is 0.170. The van der Waals surface area contributed by atoms with Gasteiger partial charge < -0.3 is 14.6 Å². The van der Waals surface area contributed by atoms with E-state index in [9.17, 15) is 9.90 Å². The van der Waals surface area contributed by atoms with Crippen molar-refractivity contribution in [2.75, 3.05) is 7.11 Å². The first kappa shape index (κ1) is 32.7. The van der Waals surface area contributed by atoms with E-state index in [-0.39, 0.29) is 23.2 Å². The van der Waals surface area contributed by atoms with Crippen LogP contribution in [-0.2, 0) is 9.53 Å². The number of methoxy groups -OCH3 is 1. The fourth-order valence-electron chi connectivity index (χ4n) is 12.5. The summed E-state index contributed by atoms with van der Waals surface area (Å²) < 4.78 is 11.5. The third-order valence-electron chi connectivity index (χ3n) is 15.4. The molecule has 5 aliphatic carbocycles. The summed E-state index contributed by atoms with van der Waals surface area (Å²) in [6.07, 6.45) is 17.5. The minimum Gasteiger partial charge on any atom is -0.504 e. The number of fused-ring (bicyclic) bond motifs is 2. The molecule has 1 aromatic carbocycles. The zero-order valence-electron chi connectivity index (χ0n) is 29.5. The van der Waals surface area contributed by atoms with E-state index < -0.39 is 0 Å². The molecule has 2 spiro atoms. The maximum Gasteiger partial charge on any atom is 0.331 e. The van der Waals surface area contributed by atoms with Crippen molar-refractivity contribution in [3.8, 4) is 11.5 Å². The van der Waals surface area contributed by atoms with Crippen LogP contribution in [0.25, 0.3) is 6.08 Å². The topological polar surface area (TPSA) is 55.8 Å². The summed E-state index contributed by atoms with van der Waals surface area (Å²) >= 11 is 0. The summed E-state index contributed by atoms with van der Waals surface area (Å²) in [7, 11) is 1.52.